The zero-order valence-electron chi connectivity index (χ0n) is 10.4. The number of nitrogens with zero attached hydrogens (tertiary/aromatic N) is 1. The van der Waals surface area contributed by atoms with Crippen LogP contribution >= 0.6 is 0 Å². The monoisotopic (exact) mass is 244 g/mol. The van der Waals surface area contributed by atoms with E-state index in [1.807, 2.05) is 43.4 Å². The lowest BCUT2D eigenvalue weighted by Crippen LogP contribution is -2.17. The maximum Gasteiger partial charge on any atom is 0.123 e. The Balaban J connectivity index is 1.94. The number of nitrogens with two attached hydrogens (primary N) is 1. The Kier molecular flexibility index (Phi) is 3.95. The molecule has 0 aliphatic heterocycles. The van der Waals surface area contributed by atoms with E-state index in [0.29, 0.717) is 0 Å². The molecule has 0 fully saturated rings. The molecule has 2 rings (SSSR count). The van der Waals surface area contributed by atoms with E-state index in [-0.39, 0.29) is 5.82 Å². The third-order valence-electron chi connectivity index (χ3n) is 2.80. The van der Waals surface area contributed by atoms with Crippen molar-refractivity contribution in [2.45, 2.75) is 13.1 Å². The summed E-state index contributed by atoms with van der Waals surface area (Å²) in [5, 5.41) is 0. The van der Waals surface area contributed by atoms with Crippen LogP contribution in [0, 0.1) is 5.82 Å². The van der Waals surface area contributed by atoms with Crippen LogP contribution in [-0.4, -0.2) is 11.9 Å². The number of rotatable bonds is 4. The summed E-state index contributed by atoms with van der Waals surface area (Å²) in [6, 6.07) is 14.5. The second-order valence-corrected chi connectivity index (χ2v) is 4.54. The van der Waals surface area contributed by atoms with Gasteiger partial charge in [-0.1, -0.05) is 24.3 Å². The van der Waals surface area contributed by atoms with Gasteiger partial charge in [0.15, 0.2) is 0 Å². The van der Waals surface area contributed by atoms with Crippen molar-refractivity contribution in [3.8, 4) is 0 Å². The van der Waals surface area contributed by atoms with E-state index >= 15 is 0 Å². The van der Waals surface area contributed by atoms with Gasteiger partial charge in [0.1, 0.15) is 5.82 Å². The fraction of sp³-hybridized carbons (Fsp3) is 0.200. The molecule has 0 bridgehead atoms. The first-order chi connectivity index (χ1) is 8.63. The molecule has 2 N–H and O–H groups in total. The van der Waals surface area contributed by atoms with E-state index < -0.39 is 0 Å². The Morgan fingerprint density at radius 3 is 1.83 bits per heavy atom. The predicted molar refractivity (Wildman–Crippen MR) is 72.4 cm³/mol. The molecule has 0 saturated carbocycles. The van der Waals surface area contributed by atoms with Crippen molar-refractivity contribution in [3.63, 3.8) is 0 Å². The molecule has 0 atom stereocenters. The molecular weight excluding hydrogens is 227 g/mol. The molecule has 0 spiro atoms. The molecular formula is C15H17FN2. The Labute approximate surface area is 107 Å². The van der Waals surface area contributed by atoms with Gasteiger partial charge < -0.3 is 5.73 Å². The molecule has 2 aromatic rings. The molecule has 0 radical (unpaired) electrons. The van der Waals surface area contributed by atoms with Crippen LogP contribution in [0.3, 0.4) is 0 Å². The Bertz CT molecular complexity index is 443. The lowest BCUT2D eigenvalue weighted by Gasteiger charge is -2.16. The summed E-state index contributed by atoms with van der Waals surface area (Å²) in [5.74, 6) is -0.195. The normalized spacial score (nSPS) is 10.8. The summed E-state index contributed by atoms with van der Waals surface area (Å²) in [5.41, 5.74) is 8.75. The van der Waals surface area contributed by atoms with Gasteiger partial charge in [-0.05, 0) is 42.4 Å². The second-order valence-electron chi connectivity index (χ2n) is 4.54. The fourth-order valence-corrected chi connectivity index (χ4v) is 1.89. The minimum Gasteiger partial charge on any atom is -0.399 e. The van der Waals surface area contributed by atoms with Gasteiger partial charge in [0.05, 0.1) is 0 Å². The van der Waals surface area contributed by atoms with Gasteiger partial charge in [-0.25, -0.2) is 4.39 Å². The van der Waals surface area contributed by atoms with Crippen LogP contribution in [0.15, 0.2) is 48.5 Å². The maximum atomic E-state index is 12.8. The van der Waals surface area contributed by atoms with E-state index in [2.05, 4.69) is 4.90 Å². The largest absolute Gasteiger partial charge is 0.399 e. The molecule has 2 aromatic carbocycles. The molecule has 2 nitrogen and oxygen atoms in total. The highest BCUT2D eigenvalue weighted by atomic mass is 19.1. The van der Waals surface area contributed by atoms with Crippen LogP contribution in [-0.2, 0) is 13.1 Å². The van der Waals surface area contributed by atoms with Gasteiger partial charge in [0, 0.05) is 18.8 Å². The smallest absolute Gasteiger partial charge is 0.123 e. The Hall–Kier alpha value is -1.87. The van der Waals surface area contributed by atoms with Crippen molar-refractivity contribution >= 4 is 5.69 Å². The molecule has 3 heteroatoms. The fourth-order valence-electron chi connectivity index (χ4n) is 1.89. The standard InChI is InChI=1S/C15H17FN2/c1-18(10-12-2-6-14(16)7-3-12)11-13-4-8-15(17)9-5-13/h2-9H,10-11,17H2,1H3. The molecule has 0 heterocycles. The molecule has 0 aliphatic rings. The Morgan fingerprint density at radius 2 is 1.33 bits per heavy atom. The van der Waals surface area contributed by atoms with E-state index in [9.17, 15) is 4.39 Å². The summed E-state index contributed by atoms with van der Waals surface area (Å²) < 4.78 is 12.8. The molecule has 18 heavy (non-hydrogen) atoms. The van der Waals surface area contributed by atoms with Gasteiger partial charge in [0.25, 0.3) is 0 Å². The van der Waals surface area contributed by atoms with Crippen molar-refractivity contribution in [2.75, 3.05) is 12.8 Å². The van der Waals surface area contributed by atoms with E-state index in [1.165, 1.54) is 17.7 Å². The first-order valence-electron chi connectivity index (χ1n) is 5.91. The molecule has 0 unspecified atom stereocenters. The van der Waals surface area contributed by atoms with Crippen LogP contribution in [0.4, 0.5) is 10.1 Å². The van der Waals surface area contributed by atoms with Gasteiger partial charge in [0.2, 0.25) is 0 Å². The van der Waals surface area contributed by atoms with Crippen LogP contribution in [0.5, 0.6) is 0 Å². The highest BCUT2D eigenvalue weighted by Gasteiger charge is 2.02. The average molecular weight is 244 g/mol. The first kappa shape index (κ1) is 12.6. The summed E-state index contributed by atoms with van der Waals surface area (Å²) in [6.45, 7) is 1.64. The van der Waals surface area contributed by atoms with Crippen LogP contribution in [0.25, 0.3) is 0 Å². The molecule has 0 amide bonds. The highest BCUT2D eigenvalue weighted by Crippen LogP contribution is 2.10. The van der Waals surface area contributed by atoms with Gasteiger partial charge in [-0.15, -0.1) is 0 Å². The highest BCUT2D eigenvalue weighted by molar-refractivity contribution is 5.39. The van der Waals surface area contributed by atoms with E-state index in [0.717, 1.165) is 24.3 Å². The maximum absolute atomic E-state index is 12.8. The second kappa shape index (κ2) is 5.65. The van der Waals surface area contributed by atoms with Crippen molar-refractivity contribution < 1.29 is 4.39 Å². The SMILES string of the molecule is CN(Cc1ccc(N)cc1)Cc1ccc(F)cc1. The van der Waals surface area contributed by atoms with Gasteiger partial charge in [-0.3, -0.25) is 4.90 Å². The number of halogens is 1. The van der Waals surface area contributed by atoms with Crippen molar-refractivity contribution in [1.29, 1.82) is 0 Å². The number of nitrogen functional groups attached to an aromatic ring is 1. The molecule has 94 valence electrons. The third kappa shape index (κ3) is 3.57. The number of anilines is 1. The number of hydrogen-bond donors (Lipinski definition) is 1. The minimum absolute atomic E-state index is 0.195. The molecule has 0 aliphatic carbocycles. The van der Waals surface area contributed by atoms with Crippen molar-refractivity contribution in [2.24, 2.45) is 0 Å². The topological polar surface area (TPSA) is 29.3 Å². The van der Waals surface area contributed by atoms with Crippen LogP contribution < -0.4 is 5.73 Å². The van der Waals surface area contributed by atoms with Gasteiger partial charge in [-0.2, -0.15) is 0 Å². The van der Waals surface area contributed by atoms with Crippen molar-refractivity contribution in [1.82, 2.24) is 4.90 Å². The van der Waals surface area contributed by atoms with Crippen LogP contribution in [0.1, 0.15) is 11.1 Å². The summed E-state index contributed by atoms with van der Waals surface area (Å²) in [6.07, 6.45) is 0. The van der Waals surface area contributed by atoms with E-state index in [4.69, 9.17) is 5.73 Å². The molecule has 0 aromatic heterocycles. The minimum atomic E-state index is -0.195. The summed E-state index contributed by atoms with van der Waals surface area (Å²) in [4.78, 5) is 2.18. The zero-order chi connectivity index (χ0) is 13.0. The first-order valence-corrected chi connectivity index (χ1v) is 5.91. The van der Waals surface area contributed by atoms with Crippen molar-refractivity contribution in [3.05, 3.63) is 65.5 Å². The molecule has 0 saturated heterocycles. The lowest BCUT2D eigenvalue weighted by atomic mass is 10.1. The van der Waals surface area contributed by atoms with Crippen LogP contribution in [0.2, 0.25) is 0 Å². The Morgan fingerprint density at radius 1 is 0.889 bits per heavy atom. The number of benzene rings is 2. The lowest BCUT2D eigenvalue weighted by molar-refractivity contribution is 0.319. The quantitative estimate of drug-likeness (QED) is 0.838. The zero-order valence-corrected chi connectivity index (χ0v) is 10.4. The van der Waals surface area contributed by atoms with Gasteiger partial charge >= 0.3 is 0 Å². The summed E-state index contributed by atoms with van der Waals surface area (Å²) in [7, 11) is 2.04. The number of hydrogen-bond acceptors (Lipinski definition) is 2. The third-order valence-corrected chi connectivity index (χ3v) is 2.80. The average Bonchev–Trinajstić information content (AvgIpc) is 2.35. The predicted octanol–water partition coefficient (Wildman–Crippen LogP) is 3.04. The van der Waals surface area contributed by atoms with E-state index in [1.54, 1.807) is 0 Å². The summed E-state index contributed by atoms with van der Waals surface area (Å²) >= 11 is 0.